The maximum Gasteiger partial charge on any atom is 0.161 e. The fourth-order valence-electron chi connectivity index (χ4n) is 2.18. The number of H-pyrrole nitrogens is 1. The average molecular weight is 290 g/mol. The van der Waals surface area contributed by atoms with Gasteiger partial charge in [0.05, 0.1) is 26.2 Å². The van der Waals surface area contributed by atoms with Crippen molar-refractivity contribution in [1.82, 2.24) is 9.97 Å². The quantitative estimate of drug-likeness (QED) is 0.866. The van der Waals surface area contributed by atoms with Crippen LogP contribution in [0.15, 0.2) is 24.5 Å². The smallest absolute Gasteiger partial charge is 0.161 e. The fourth-order valence-corrected chi connectivity index (χ4v) is 2.57. The highest BCUT2D eigenvalue weighted by atomic mass is 32.1. The van der Waals surface area contributed by atoms with Crippen LogP contribution < -0.4 is 9.47 Å². The second kappa shape index (κ2) is 6.05. The number of nitrogens with zero attached hydrogens (tertiary/aromatic N) is 1. The molecule has 1 N–H and O–H groups in total. The van der Waals surface area contributed by atoms with E-state index in [1.54, 1.807) is 20.5 Å². The molecule has 1 aromatic carbocycles. The first-order chi connectivity index (χ1) is 9.58. The molecule has 0 spiro atoms. The van der Waals surface area contributed by atoms with E-state index in [9.17, 15) is 0 Å². The van der Waals surface area contributed by atoms with E-state index in [1.165, 1.54) is 0 Å². The number of ether oxygens (including phenoxy) is 2. The zero-order chi connectivity index (χ0) is 14.7. The molecule has 0 amide bonds. The molecule has 20 heavy (non-hydrogen) atoms. The van der Waals surface area contributed by atoms with E-state index >= 15 is 0 Å². The first kappa shape index (κ1) is 14.5. The molecule has 0 atom stereocenters. The zero-order valence-corrected chi connectivity index (χ0v) is 12.9. The standard InChI is InChI=1S/C15H18N2O2S/c1-9(2)13-14(16-8-17-15(13)20)10-5-6-11(18-3)12(7-10)19-4/h5-9H,1-4H3,(H,16,17,20). The van der Waals surface area contributed by atoms with Gasteiger partial charge in [-0.25, -0.2) is 4.98 Å². The lowest BCUT2D eigenvalue weighted by molar-refractivity contribution is 0.355. The Hall–Kier alpha value is -1.88. The molecule has 1 heterocycles. The van der Waals surface area contributed by atoms with Gasteiger partial charge in [-0.15, -0.1) is 0 Å². The monoisotopic (exact) mass is 290 g/mol. The fraction of sp³-hybridized carbons (Fsp3) is 0.333. The van der Waals surface area contributed by atoms with Crippen molar-refractivity contribution in [2.24, 2.45) is 0 Å². The van der Waals surface area contributed by atoms with Gasteiger partial charge in [0, 0.05) is 11.1 Å². The Bertz CT molecular complexity index is 665. The molecule has 0 saturated carbocycles. The second-order valence-corrected chi connectivity index (χ2v) is 5.11. The van der Waals surface area contributed by atoms with Gasteiger partial charge in [-0.2, -0.15) is 0 Å². The summed E-state index contributed by atoms with van der Waals surface area (Å²) in [6.07, 6.45) is 1.63. The normalized spacial score (nSPS) is 10.7. The minimum atomic E-state index is 0.288. The predicted octanol–water partition coefficient (Wildman–Crippen LogP) is 3.95. The minimum absolute atomic E-state index is 0.288. The van der Waals surface area contributed by atoms with Crippen molar-refractivity contribution in [2.75, 3.05) is 14.2 Å². The Morgan fingerprint density at radius 2 is 1.85 bits per heavy atom. The molecule has 5 heteroatoms. The lowest BCUT2D eigenvalue weighted by atomic mass is 9.98. The molecule has 0 radical (unpaired) electrons. The average Bonchev–Trinajstić information content (AvgIpc) is 2.45. The molecule has 0 fully saturated rings. The van der Waals surface area contributed by atoms with Crippen molar-refractivity contribution in [3.8, 4) is 22.8 Å². The molecule has 2 rings (SSSR count). The van der Waals surface area contributed by atoms with Crippen molar-refractivity contribution in [2.45, 2.75) is 19.8 Å². The summed E-state index contributed by atoms with van der Waals surface area (Å²) in [6.45, 7) is 4.20. The van der Waals surface area contributed by atoms with Gasteiger partial charge in [0.2, 0.25) is 0 Å². The molecule has 0 saturated heterocycles. The van der Waals surface area contributed by atoms with Gasteiger partial charge in [0.15, 0.2) is 11.5 Å². The van der Waals surface area contributed by atoms with Crippen LogP contribution in [0.1, 0.15) is 25.3 Å². The third kappa shape index (κ3) is 2.67. The molecular formula is C15H18N2O2S. The number of aromatic nitrogens is 2. The number of methoxy groups -OCH3 is 2. The van der Waals surface area contributed by atoms with Gasteiger partial charge < -0.3 is 14.5 Å². The Labute approximate surface area is 123 Å². The van der Waals surface area contributed by atoms with Crippen molar-refractivity contribution in [3.05, 3.63) is 34.7 Å². The summed E-state index contributed by atoms with van der Waals surface area (Å²) in [7, 11) is 3.25. The predicted molar refractivity (Wildman–Crippen MR) is 82.1 cm³/mol. The Morgan fingerprint density at radius 1 is 1.15 bits per heavy atom. The van der Waals surface area contributed by atoms with Gasteiger partial charge >= 0.3 is 0 Å². The lowest BCUT2D eigenvalue weighted by Crippen LogP contribution is -1.99. The van der Waals surface area contributed by atoms with E-state index in [0.29, 0.717) is 16.1 Å². The van der Waals surface area contributed by atoms with E-state index in [0.717, 1.165) is 16.8 Å². The van der Waals surface area contributed by atoms with Gasteiger partial charge in [-0.1, -0.05) is 26.1 Å². The first-order valence-electron chi connectivity index (χ1n) is 6.38. The molecule has 0 aliphatic heterocycles. The summed E-state index contributed by atoms with van der Waals surface area (Å²) >= 11 is 5.34. The molecule has 0 unspecified atom stereocenters. The maximum absolute atomic E-state index is 5.35. The highest BCUT2D eigenvalue weighted by Crippen LogP contribution is 2.34. The van der Waals surface area contributed by atoms with Gasteiger partial charge in [0.25, 0.3) is 0 Å². The molecule has 0 aliphatic rings. The van der Waals surface area contributed by atoms with Crippen molar-refractivity contribution in [1.29, 1.82) is 0 Å². The number of rotatable bonds is 4. The second-order valence-electron chi connectivity index (χ2n) is 4.72. The summed E-state index contributed by atoms with van der Waals surface area (Å²) in [5.41, 5.74) is 3.01. The highest BCUT2D eigenvalue weighted by molar-refractivity contribution is 7.71. The molecule has 1 aromatic heterocycles. The van der Waals surface area contributed by atoms with Crippen LogP contribution in [-0.4, -0.2) is 24.2 Å². The molecule has 106 valence electrons. The van der Waals surface area contributed by atoms with Gasteiger partial charge in [-0.05, 0) is 24.1 Å². The van der Waals surface area contributed by atoms with Crippen LogP contribution >= 0.6 is 12.2 Å². The van der Waals surface area contributed by atoms with Gasteiger partial charge in [-0.3, -0.25) is 0 Å². The molecule has 0 aliphatic carbocycles. The summed E-state index contributed by atoms with van der Waals surface area (Å²) in [4.78, 5) is 7.36. The third-order valence-electron chi connectivity index (χ3n) is 3.14. The molecule has 2 aromatic rings. The molecule has 4 nitrogen and oxygen atoms in total. The maximum atomic E-state index is 5.35. The summed E-state index contributed by atoms with van der Waals surface area (Å²) in [5.74, 6) is 1.68. The zero-order valence-electron chi connectivity index (χ0n) is 12.1. The van der Waals surface area contributed by atoms with Crippen LogP contribution in [0.3, 0.4) is 0 Å². The number of hydrogen-bond donors (Lipinski definition) is 1. The summed E-state index contributed by atoms with van der Waals surface area (Å²) in [6, 6.07) is 5.80. The number of hydrogen-bond acceptors (Lipinski definition) is 4. The van der Waals surface area contributed by atoms with Crippen molar-refractivity contribution >= 4 is 12.2 Å². The molecular weight excluding hydrogens is 272 g/mol. The van der Waals surface area contributed by atoms with Crippen LogP contribution in [0, 0.1) is 4.64 Å². The van der Waals surface area contributed by atoms with Crippen molar-refractivity contribution in [3.63, 3.8) is 0 Å². The van der Waals surface area contributed by atoms with E-state index in [-0.39, 0.29) is 5.92 Å². The number of aromatic amines is 1. The van der Waals surface area contributed by atoms with Crippen molar-refractivity contribution < 1.29 is 9.47 Å². The molecule has 0 bridgehead atoms. The topological polar surface area (TPSA) is 47.1 Å². The SMILES string of the molecule is COc1ccc(-c2[nH]cnc(=S)c2C(C)C)cc1OC. The third-order valence-corrected chi connectivity index (χ3v) is 3.47. The van der Waals surface area contributed by atoms with E-state index in [2.05, 4.69) is 23.8 Å². The van der Waals surface area contributed by atoms with Crippen LogP contribution in [0.4, 0.5) is 0 Å². The summed E-state index contributed by atoms with van der Waals surface area (Å²) < 4.78 is 11.2. The Balaban J connectivity index is 2.63. The van der Waals surface area contributed by atoms with Crippen LogP contribution in [0.5, 0.6) is 11.5 Å². The number of nitrogens with one attached hydrogen (secondary N) is 1. The van der Waals surface area contributed by atoms with E-state index in [1.807, 2.05) is 18.2 Å². The van der Waals surface area contributed by atoms with Crippen LogP contribution in [-0.2, 0) is 0 Å². The highest BCUT2D eigenvalue weighted by Gasteiger charge is 2.13. The van der Waals surface area contributed by atoms with E-state index < -0.39 is 0 Å². The minimum Gasteiger partial charge on any atom is -0.493 e. The summed E-state index contributed by atoms with van der Waals surface area (Å²) in [5, 5.41) is 0. The van der Waals surface area contributed by atoms with Crippen LogP contribution in [0.25, 0.3) is 11.3 Å². The largest absolute Gasteiger partial charge is 0.493 e. The lowest BCUT2D eigenvalue weighted by Gasteiger charge is -2.14. The first-order valence-corrected chi connectivity index (χ1v) is 6.79. The van der Waals surface area contributed by atoms with Crippen LogP contribution in [0.2, 0.25) is 0 Å². The number of benzene rings is 1. The van der Waals surface area contributed by atoms with E-state index in [4.69, 9.17) is 21.7 Å². The Morgan fingerprint density at radius 3 is 2.45 bits per heavy atom. The van der Waals surface area contributed by atoms with Gasteiger partial charge in [0.1, 0.15) is 4.64 Å². The Kier molecular flexibility index (Phi) is 4.39.